The lowest BCUT2D eigenvalue weighted by atomic mass is 10.0. The first kappa shape index (κ1) is 24.6. The Morgan fingerprint density at radius 3 is 2.37 bits per heavy atom. The Labute approximate surface area is 184 Å². The van der Waals surface area contributed by atoms with Crippen LogP contribution < -0.4 is 10.6 Å². The third-order valence-corrected chi connectivity index (χ3v) is 7.25. The second-order valence-corrected chi connectivity index (χ2v) is 10.0. The minimum absolute atomic E-state index is 0.208. The quantitative estimate of drug-likeness (QED) is 0.431. The van der Waals surface area contributed by atoms with E-state index in [1.165, 1.54) is 16.4 Å². The number of carbonyl (C=O) groups excluding carboxylic acids is 2. The molecule has 30 heavy (non-hydrogen) atoms. The van der Waals surface area contributed by atoms with Crippen LogP contribution in [0.3, 0.4) is 0 Å². The minimum Gasteiger partial charge on any atom is -0.348 e. The van der Waals surface area contributed by atoms with Crippen molar-refractivity contribution in [1.29, 1.82) is 0 Å². The van der Waals surface area contributed by atoms with Crippen molar-refractivity contribution in [3.63, 3.8) is 0 Å². The first-order chi connectivity index (χ1) is 14.2. The van der Waals surface area contributed by atoms with Gasteiger partial charge >= 0.3 is 11.8 Å². The van der Waals surface area contributed by atoms with Crippen LogP contribution in [0.4, 0.5) is 0 Å². The van der Waals surface area contributed by atoms with E-state index in [9.17, 15) is 18.0 Å². The van der Waals surface area contributed by atoms with Gasteiger partial charge in [0.25, 0.3) is 0 Å². The monoisotopic (exact) mass is 458 g/mol. The SMILES string of the molecule is CN(C)CCCNC(=O)C(=O)NCC[C@H]1CCCCN1S(=O)(=O)c1ccc(Cl)cc1. The van der Waals surface area contributed by atoms with Gasteiger partial charge in [0.15, 0.2) is 0 Å². The Hall–Kier alpha value is -1.68. The highest BCUT2D eigenvalue weighted by atomic mass is 35.5. The summed E-state index contributed by atoms with van der Waals surface area (Å²) in [6.45, 7) is 1.93. The molecule has 0 aromatic heterocycles. The van der Waals surface area contributed by atoms with Crippen molar-refractivity contribution in [1.82, 2.24) is 19.8 Å². The van der Waals surface area contributed by atoms with E-state index in [-0.39, 0.29) is 17.5 Å². The number of piperidine rings is 1. The van der Waals surface area contributed by atoms with Crippen molar-refractivity contribution in [2.45, 2.75) is 43.0 Å². The maximum absolute atomic E-state index is 13.0. The van der Waals surface area contributed by atoms with Gasteiger partial charge in [-0.25, -0.2) is 8.42 Å². The fraction of sp³-hybridized carbons (Fsp3) is 0.600. The highest BCUT2D eigenvalue weighted by Crippen LogP contribution is 2.27. The molecule has 1 aliphatic rings. The van der Waals surface area contributed by atoms with Gasteiger partial charge in [-0.15, -0.1) is 0 Å². The summed E-state index contributed by atoms with van der Waals surface area (Å²) in [5, 5.41) is 5.67. The van der Waals surface area contributed by atoms with Gasteiger partial charge in [-0.05, 0) is 70.6 Å². The number of halogens is 1. The number of carbonyl (C=O) groups is 2. The zero-order valence-electron chi connectivity index (χ0n) is 17.6. The van der Waals surface area contributed by atoms with Gasteiger partial charge in [0, 0.05) is 30.7 Å². The van der Waals surface area contributed by atoms with E-state index in [1.807, 2.05) is 19.0 Å². The molecule has 1 atom stereocenters. The van der Waals surface area contributed by atoms with Crippen LogP contribution in [0.1, 0.15) is 32.1 Å². The van der Waals surface area contributed by atoms with Crippen LogP contribution in [0.5, 0.6) is 0 Å². The van der Waals surface area contributed by atoms with Crippen LogP contribution in [0, 0.1) is 0 Å². The normalized spacial score (nSPS) is 17.7. The predicted octanol–water partition coefficient (Wildman–Crippen LogP) is 1.46. The van der Waals surface area contributed by atoms with Gasteiger partial charge in [0.05, 0.1) is 4.90 Å². The highest BCUT2D eigenvalue weighted by molar-refractivity contribution is 7.89. The van der Waals surface area contributed by atoms with Gasteiger partial charge in [-0.1, -0.05) is 18.0 Å². The number of amides is 2. The predicted molar refractivity (Wildman–Crippen MR) is 117 cm³/mol. The van der Waals surface area contributed by atoms with E-state index in [4.69, 9.17) is 11.6 Å². The Balaban J connectivity index is 1.86. The molecule has 2 amide bonds. The van der Waals surface area contributed by atoms with E-state index in [0.29, 0.717) is 24.5 Å². The third kappa shape index (κ3) is 7.23. The minimum atomic E-state index is -3.64. The molecule has 2 rings (SSSR count). The van der Waals surface area contributed by atoms with Gasteiger partial charge in [-0.3, -0.25) is 9.59 Å². The number of hydrogen-bond acceptors (Lipinski definition) is 5. The van der Waals surface area contributed by atoms with Crippen molar-refractivity contribution in [2.24, 2.45) is 0 Å². The summed E-state index contributed by atoms with van der Waals surface area (Å²) in [4.78, 5) is 26.0. The maximum atomic E-state index is 13.0. The molecular weight excluding hydrogens is 428 g/mol. The highest BCUT2D eigenvalue weighted by Gasteiger charge is 2.33. The van der Waals surface area contributed by atoms with E-state index in [2.05, 4.69) is 10.6 Å². The van der Waals surface area contributed by atoms with E-state index < -0.39 is 21.8 Å². The molecule has 1 aromatic rings. The second kappa shape index (κ2) is 11.6. The van der Waals surface area contributed by atoms with Crippen LogP contribution >= 0.6 is 11.6 Å². The standard InChI is InChI=1S/C20H31ClN4O4S/c1-24(2)14-5-12-22-19(26)20(27)23-13-11-17-6-3-4-15-25(17)30(28,29)18-9-7-16(21)8-10-18/h7-10,17H,3-6,11-15H2,1-2H3,(H,22,26)(H,23,27)/t17-/m1/s1. The zero-order valence-corrected chi connectivity index (χ0v) is 19.1. The lowest BCUT2D eigenvalue weighted by Crippen LogP contribution is -2.46. The molecule has 1 aliphatic heterocycles. The molecule has 0 bridgehead atoms. The summed E-state index contributed by atoms with van der Waals surface area (Å²) in [5.74, 6) is -1.36. The molecule has 2 N–H and O–H groups in total. The van der Waals surface area contributed by atoms with Crippen molar-refractivity contribution in [3.8, 4) is 0 Å². The topological polar surface area (TPSA) is 98.8 Å². The van der Waals surface area contributed by atoms with E-state index >= 15 is 0 Å². The Morgan fingerprint density at radius 1 is 1.10 bits per heavy atom. The van der Waals surface area contributed by atoms with E-state index in [1.54, 1.807) is 12.1 Å². The lowest BCUT2D eigenvalue weighted by molar-refractivity contribution is -0.139. The molecular formula is C20H31ClN4O4S. The summed E-state index contributed by atoms with van der Waals surface area (Å²) >= 11 is 5.87. The molecule has 168 valence electrons. The van der Waals surface area contributed by atoms with Crippen LogP contribution in [0.15, 0.2) is 29.2 Å². The van der Waals surface area contributed by atoms with Crippen LogP contribution in [-0.2, 0) is 19.6 Å². The Kier molecular flexibility index (Phi) is 9.54. The average molecular weight is 459 g/mol. The number of benzene rings is 1. The zero-order chi connectivity index (χ0) is 22.1. The summed E-state index contributed by atoms with van der Waals surface area (Å²) in [7, 11) is 0.243. The molecule has 0 aliphatic carbocycles. The number of sulfonamides is 1. The van der Waals surface area contributed by atoms with Crippen molar-refractivity contribution in [2.75, 3.05) is 40.3 Å². The third-order valence-electron chi connectivity index (χ3n) is 5.03. The molecule has 0 radical (unpaired) electrons. The molecule has 1 heterocycles. The summed E-state index contributed by atoms with van der Waals surface area (Å²) < 4.78 is 27.6. The Morgan fingerprint density at radius 2 is 1.73 bits per heavy atom. The van der Waals surface area contributed by atoms with Gasteiger partial charge in [0.2, 0.25) is 10.0 Å². The first-order valence-electron chi connectivity index (χ1n) is 10.2. The largest absolute Gasteiger partial charge is 0.348 e. The van der Waals surface area contributed by atoms with Crippen LogP contribution in [0.25, 0.3) is 0 Å². The van der Waals surface area contributed by atoms with Crippen LogP contribution in [0.2, 0.25) is 5.02 Å². The molecule has 0 unspecified atom stereocenters. The fourth-order valence-corrected chi connectivity index (χ4v) is 5.28. The van der Waals surface area contributed by atoms with E-state index in [0.717, 1.165) is 32.2 Å². The van der Waals surface area contributed by atoms with Crippen molar-refractivity contribution >= 4 is 33.4 Å². The average Bonchev–Trinajstić information content (AvgIpc) is 2.71. The molecule has 1 aromatic carbocycles. The van der Waals surface area contributed by atoms with Crippen molar-refractivity contribution < 1.29 is 18.0 Å². The maximum Gasteiger partial charge on any atom is 0.309 e. The van der Waals surface area contributed by atoms with Crippen molar-refractivity contribution in [3.05, 3.63) is 29.3 Å². The first-order valence-corrected chi connectivity index (χ1v) is 12.0. The van der Waals surface area contributed by atoms with Gasteiger partial charge in [0.1, 0.15) is 0 Å². The number of nitrogens with one attached hydrogen (secondary N) is 2. The Bertz CT molecular complexity index is 815. The smallest absolute Gasteiger partial charge is 0.309 e. The van der Waals surface area contributed by atoms with Gasteiger partial charge in [-0.2, -0.15) is 4.31 Å². The van der Waals surface area contributed by atoms with Crippen LogP contribution in [-0.4, -0.2) is 75.8 Å². The molecule has 1 saturated heterocycles. The lowest BCUT2D eigenvalue weighted by Gasteiger charge is -2.34. The molecule has 0 saturated carbocycles. The summed E-state index contributed by atoms with van der Waals surface area (Å²) in [6.07, 6.45) is 3.65. The number of rotatable bonds is 9. The molecule has 1 fully saturated rings. The summed E-state index contributed by atoms with van der Waals surface area (Å²) in [5.41, 5.74) is 0. The summed E-state index contributed by atoms with van der Waals surface area (Å²) in [6, 6.07) is 5.91. The van der Waals surface area contributed by atoms with Gasteiger partial charge < -0.3 is 15.5 Å². The molecule has 10 heteroatoms. The second-order valence-electron chi connectivity index (χ2n) is 7.68. The molecule has 8 nitrogen and oxygen atoms in total. The fourth-order valence-electron chi connectivity index (χ4n) is 3.43. The number of nitrogens with zero attached hydrogens (tertiary/aromatic N) is 2. The molecule has 0 spiro atoms. The number of hydrogen-bond donors (Lipinski definition) is 2.